The van der Waals surface area contributed by atoms with Gasteiger partial charge in [0.1, 0.15) is 6.33 Å². The summed E-state index contributed by atoms with van der Waals surface area (Å²) in [6, 6.07) is 0.0630. The van der Waals surface area contributed by atoms with Crippen molar-refractivity contribution in [1.82, 2.24) is 9.97 Å². The van der Waals surface area contributed by atoms with Crippen LogP contribution in [0.3, 0.4) is 0 Å². The molecule has 1 aromatic heterocycles. The van der Waals surface area contributed by atoms with Crippen LogP contribution in [-0.4, -0.2) is 40.7 Å². The summed E-state index contributed by atoms with van der Waals surface area (Å²) in [4.78, 5) is 18.5. The Kier molecular flexibility index (Phi) is 3.88. The van der Waals surface area contributed by atoms with E-state index in [4.69, 9.17) is 4.74 Å². The molecular weight excluding hydrogens is 238 g/mol. The maximum absolute atomic E-state index is 11.1. The number of hydrogen-bond donors (Lipinski definition) is 2. The van der Waals surface area contributed by atoms with Crippen molar-refractivity contribution in [1.29, 1.82) is 0 Å². The summed E-state index contributed by atoms with van der Waals surface area (Å²) < 4.78 is 5.22. The minimum atomic E-state index is -0.476. The molecule has 1 aliphatic heterocycles. The minimum Gasteiger partial charge on any atom is -0.379 e. The number of aromatic nitrogens is 2. The average molecular weight is 253 g/mol. The lowest BCUT2D eigenvalue weighted by molar-refractivity contribution is -0.383. The number of nitrogens with zero attached hydrogens (tertiary/aromatic N) is 3. The van der Waals surface area contributed by atoms with E-state index >= 15 is 0 Å². The van der Waals surface area contributed by atoms with Crippen LogP contribution in [0.4, 0.5) is 17.3 Å². The van der Waals surface area contributed by atoms with Crippen LogP contribution < -0.4 is 10.6 Å². The van der Waals surface area contributed by atoms with Gasteiger partial charge in [-0.1, -0.05) is 0 Å². The largest absolute Gasteiger partial charge is 0.379 e. The molecule has 1 unspecified atom stereocenters. The van der Waals surface area contributed by atoms with Crippen molar-refractivity contribution in [3.8, 4) is 0 Å². The fourth-order valence-electron chi connectivity index (χ4n) is 1.80. The fourth-order valence-corrected chi connectivity index (χ4v) is 1.80. The van der Waals surface area contributed by atoms with Gasteiger partial charge in [0.15, 0.2) is 0 Å². The quantitative estimate of drug-likeness (QED) is 0.596. The van der Waals surface area contributed by atoms with Gasteiger partial charge in [-0.25, -0.2) is 9.97 Å². The van der Waals surface area contributed by atoms with Gasteiger partial charge in [-0.15, -0.1) is 0 Å². The highest BCUT2D eigenvalue weighted by atomic mass is 16.6. The third kappa shape index (κ3) is 2.65. The van der Waals surface area contributed by atoms with Gasteiger partial charge < -0.3 is 15.4 Å². The van der Waals surface area contributed by atoms with E-state index in [2.05, 4.69) is 20.6 Å². The van der Waals surface area contributed by atoms with Crippen molar-refractivity contribution < 1.29 is 9.66 Å². The van der Waals surface area contributed by atoms with E-state index < -0.39 is 4.92 Å². The Balaban J connectivity index is 2.26. The van der Waals surface area contributed by atoms with E-state index in [1.54, 1.807) is 0 Å². The first-order valence-corrected chi connectivity index (χ1v) is 5.80. The van der Waals surface area contributed by atoms with Crippen molar-refractivity contribution in [2.24, 2.45) is 0 Å². The predicted molar refractivity (Wildman–Crippen MR) is 65.7 cm³/mol. The molecule has 1 atom stereocenters. The van der Waals surface area contributed by atoms with Crippen LogP contribution in [0.25, 0.3) is 0 Å². The Bertz CT molecular complexity index is 434. The van der Waals surface area contributed by atoms with Crippen molar-refractivity contribution in [3.63, 3.8) is 0 Å². The topological polar surface area (TPSA) is 102 Å². The van der Waals surface area contributed by atoms with Gasteiger partial charge in [-0.05, 0) is 13.3 Å². The Morgan fingerprint density at radius 3 is 2.94 bits per heavy atom. The van der Waals surface area contributed by atoms with Gasteiger partial charge in [0, 0.05) is 13.2 Å². The predicted octanol–water partition coefficient (Wildman–Crippen LogP) is 1.02. The van der Waals surface area contributed by atoms with Gasteiger partial charge in [-0.2, -0.15) is 0 Å². The number of ether oxygens (including phenoxy) is 1. The van der Waals surface area contributed by atoms with Crippen LogP contribution in [0.5, 0.6) is 0 Å². The van der Waals surface area contributed by atoms with Gasteiger partial charge in [0.2, 0.25) is 11.6 Å². The highest BCUT2D eigenvalue weighted by Gasteiger charge is 2.25. The molecule has 18 heavy (non-hydrogen) atoms. The molecule has 0 radical (unpaired) electrons. The summed E-state index contributed by atoms with van der Waals surface area (Å²) >= 11 is 0. The third-order valence-electron chi connectivity index (χ3n) is 2.62. The van der Waals surface area contributed by atoms with Crippen molar-refractivity contribution >= 4 is 17.3 Å². The maximum Gasteiger partial charge on any atom is 0.353 e. The second-order valence-electron chi connectivity index (χ2n) is 3.91. The Morgan fingerprint density at radius 2 is 2.33 bits per heavy atom. The number of nitro groups is 1. The number of hydrogen-bond acceptors (Lipinski definition) is 7. The molecule has 2 rings (SSSR count). The zero-order chi connectivity index (χ0) is 13.0. The van der Waals surface area contributed by atoms with Gasteiger partial charge in [-0.3, -0.25) is 10.1 Å². The normalized spacial score (nSPS) is 18.6. The summed E-state index contributed by atoms with van der Waals surface area (Å²) in [6.45, 7) is 3.61. The van der Waals surface area contributed by atoms with Crippen LogP contribution >= 0.6 is 0 Å². The zero-order valence-corrected chi connectivity index (χ0v) is 10.0. The SMILES string of the molecule is CCNc1ncnc(NC2CCOC2)c1[N+](=O)[O-]. The molecule has 2 heterocycles. The smallest absolute Gasteiger partial charge is 0.353 e. The Labute approximate surface area is 104 Å². The summed E-state index contributed by atoms with van der Waals surface area (Å²) in [5.74, 6) is 0.473. The van der Waals surface area contributed by atoms with E-state index in [0.717, 1.165) is 6.42 Å². The first kappa shape index (κ1) is 12.5. The first-order chi connectivity index (χ1) is 8.72. The molecular formula is C10H15N5O3. The Hall–Kier alpha value is -1.96. The molecule has 2 N–H and O–H groups in total. The lowest BCUT2D eigenvalue weighted by Gasteiger charge is -2.12. The molecule has 0 bridgehead atoms. The van der Waals surface area contributed by atoms with Crippen molar-refractivity contribution in [2.45, 2.75) is 19.4 Å². The van der Waals surface area contributed by atoms with Gasteiger partial charge in [0.05, 0.1) is 17.6 Å². The highest BCUT2D eigenvalue weighted by molar-refractivity contribution is 5.69. The molecule has 1 aromatic rings. The molecule has 98 valence electrons. The zero-order valence-electron chi connectivity index (χ0n) is 10.0. The summed E-state index contributed by atoms with van der Waals surface area (Å²) in [5.41, 5.74) is -0.119. The molecule has 0 aromatic carbocycles. The molecule has 1 fully saturated rings. The van der Waals surface area contributed by atoms with E-state index in [0.29, 0.717) is 19.8 Å². The molecule has 0 saturated carbocycles. The third-order valence-corrected chi connectivity index (χ3v) is 2.62. The number of rotatable bonds is 5. The van der Waals surface area contributed by atoms with E-state index in [-0.39, 0.29) is 23.4 Å². The van der Waals surface area contributed by atoms with Crippen molar-refractivity contribution in [3.05, 3.63) is 16.4 Å². The average Bonchev–Trinajstić information content (AvgIpc) is 2.82. The van der Waals surface area contributed by atoms with E-state index in [9.17, 15) is 10.1 Å². The van der Waals surface area contributed by atoms with E-state index in [1.165, 1.54) is 6.33 Å². The highest BCUT2D eigenvalue weighted by Crippen LogP contribution is 2.29. The molecule has 1 aliphatic rings. The lowest BCUT2D eigenvalue weighted by atomic mass is 10.2. The molecule has 1 saturated heterocycles. The fraction of sp³-hybridized carbons (Fsp3) is 0.600. The molecule has 0 spiro atoms. The molecule has 0 amide bonds. The maximum atomic E-state index is 11.1. The second kappa shape index (κ2) is 5.58. The summed E-state index contributed by atoms with van der Waals surface area (Å²) in [7, 11) is 0. The van der Waals surface area contributed by atoms with Crippen LogP contribution in [0.2, 0.25) is 0 Å². The Morgan fingerprint density at radius 1 is 1.56 bits per heavy atom. The van der Waals surface area contributed by atoms with Gasteiger partial charge in [0.25, 0.3) is 0 Å². The van der Waals surface area contributed by atoms with Crippen LogP contribution in [0.15, 0.2) is 6.33 Å². The van der Waals surface area contributed by atoms with E-state index in [1.807, 2.05) is 6.92 Å². The first-order valence-electron chi connectivity index (χ1n) is 5.80. The van der Waals surface area contributed by atoms with Crippen LogP contribution in [0, 0.1) is 10.1 Å². The molecule has 0 aliphatic carbocycles. The number of anilines is 2. The lowest BCUT2D eigenvalue weighted by Crippen LogP contribution is -2.21. The summed E-state index contributed by atoms with van der Waals surface area (Å²) in [6.07, 6.45) is 2.13. The summed E-state index contributed by atoms with van der Waals surface area (Å²) in [5, 5.41) is 17.0. The second-order valence-corrected chi connectivity index (χ2v) is 3.91. The van der Waals surface area contributed by atoms with Crippen LogP contribution in [-0.2, 0) is 4.74 Å². The molecule has 8 heteroatoms. The number of nitrogens with one attached hydrogen (secondary N) is 2. The monoisotopic (exact) mass is 253 g/mol. The minimum absolute atomic E-state index is 0.0630. The standard InChI is InChI=1S/C10H15N5O3/c1-2-11-9-8(15(16)17)10(13-6-12-9)14-7-3-4-18-5-7/h6-7H,2-5H2,1H3,(H2,11,12,13,14). The van der Waals surface area contributed by atoms with Gasteiger partial charge >= 0.3 is 5.69 Å². The van der Waals surface area contributed by atoms with Crippen molar-refractivity contribution in [2.75, 3.05) is 30.4 Å². The molecule has 8 nitrogen and oxygen atoms in total. The van der Waals surface area contributed by atoms with Crippen LogP contribution in [0.1, 0.15) is 13.3 Å².